The second kappa shape index (κ2) is 17.9. The van der Waals surface area contributed by atoms with Gasteiger partial charge in [0.25, 0.3) is 0 Å². The van der Waals surface area contributed by atoms with Crippen LogP contribution in [0.1, 0.15) is 187 Å². The maximum Gasteiger partial charge on any atom is 0.195 e. The number of ketones is 10. The Kier molecular flexibility index (Phi) is 10.7. The van der Waals surface area contributed by atoms with Crippen molar-refractivity contribution in [1.29, 1.82) is 0 Å². The van der Waals surface area contributed by atoms with Crippen LogP contribution in [0.2, 0.25) is 0 Å². The molecule has 0 aromatic heterocycles. The summed E-state index contributed by atoms with van der Waals surface area (Å²) in [7, 11) is 0. The molecule has 0 radical (unpaired) electrons. The van der Waals surface area contributed by atoms with Gasteiger partial charge in [-0.15, -0.1) is 0 Å². The smallest absolute Gasteiger partial charge is 0.195 e. The van der Waals surface area contributed by atoms with Crippen molar-refractivity contribution in [1.82, 2.24) is 0 Å². The molecular formula is C75H42O10. The number of aryl methyl sites for hydroxylation is 5. The summed E-state index contributed by atoms with van der Waals surface area (Å²) in [4.78, 5) is 152. The molecule has 10 nitrogen and oxygen atoms in total. The monoisotopic (exact) mass is 1100 g/mol. The van der Waals surface area contributed by atoms with Gasteiger partial charge in [0.15, 0.2) is 57.8 Å². The molecule has 402 valence electrons. The molecule has 15 rings (SSSR count). The van der Waals surface area contributed by atoms with Gasteiger partial charge >= 0.3 is 0 Å². The van der Waals surface area contributed by atoms with Crippen molar-refractivity contribution in [2.45, 2.75) is 34.6 Å². The molecule has 0 saturated heterocycles. The van der Waals surface area contributed by atoms with Gasteiger partial charge in [0.2, 0.25) is 0 Å². The molecule has 10 aromatic rings. The second-order valence-electron chi connectivity index (χ2n) is 22.5. The summed E-state index contributed by atoms with van der Waals surface area (Å²) >= 11 is 0. The molecule has 0 bridgehead atoms. The van der Waals surface area contributed by atoms with Crippen LogP contribution in [-0.4, -0.2) is 57.8 Å². The summed E-state index contributed by atoms with van der Waals surface area (Å²) in [6.45, 7) is 8.73. The van der Waals surface area contributed by atoms with Gasteiger partial charge in [0.1, 0.15) is 0 Å². The lowest BCUT2D eigenvalue weighted by Gasteiger charge is -2.31. The molecule has 85 heavy (non-hydrogen) atoms. The molecule has 0 fully saturated rings. The van der Waals surface area contributed by atoms with Crippen molar-refractivity contribution in [2.75, 3.05) is 0 Å². The third-order valence-corrected chi connectivity index (χ3v) is 17.7. The SMILES string of the molecule is Cc1cc2c(c(-c3cc(C)c(-c4cc(C)c(-c5cc(C)c(-c6c(C)ccc7c6C(=O)c6ccccc6C7=O)c6c5C(=O)c5ccccc5C6=O)c5c4C(=O)c4ccccc4C5=O)c4c3C(=O)c3ccccc3C4=O)c1)C(=O)c1ccccc1C2=O. The highest BCUT2D eigenvalue weighted by atomic mass is 16.2. The lowest BCUT2D eigenvalue weighted by atomic mass is 9.69. The molecule has 10 aromatic carbocycles. The van der Waals surface area contributed by atoms with E-state index in [-0.39, 0.29) is 162 Å². The molecule has 0 atom stereocenters. The quantitative estimate of drug-likeness (QED) is 0.165. The van der Waals surface area contributed by atoms with Crippen LogP contribution in [0.15, 0.2) is 164 Å². The fraction of sp³-hybridized carbons (Fsp3) is 0.0667. The van der Waals surface area contributed by atoms with E-state index in [2.05, 4.69) is 0 Å². The van der Waals surface area contributed by atoms with Crippen LogP contribution in [-0.2, 0) is 0 Å². The summed E-state index contributed by atoms with van der Waals surface area (Å²) in [5, 5.41) is 0. The molecule has 0 saturated carbocycles. The Bertz CT molecular complexity index is 5080. The predicted octanol–water partition coefficient (Wildman–Crippen LogP) is 13.8. The Labute approximate surface area is 485 Å². The van der Waals surface area contributed by atoms with Crippen molar-refractivity contribution < 1.29 is 47.9 Å². The second-order valence-corrected chi connectivity index (χ2v) is 22.5. The molecule has 5 aliphatic rings. The number of rotatable bonds is 4. The highest BCUT2D eigenvalue weighted by molar-refractivity contribution is 6.39. The summed E-state index contributed by atoms with van der Waals surface area (Å²) in [6.07, 6.45) is 0. The molecule has 5 aliphatic carbocycles. The van der Waals surface area contributed by atoms with E-state index in [9.17, 15) is 19.2 Å². The van der Waals surface area contributed by atoms with Crippen LogP contribution in [0.3, 0.4) is 0 Å². The summed E-state index contributed by atoms with van der Waals surface area (Å²) in [5.74, 6) is -4.99. The maximum absolute atomic E-state index is 15.9. The number of hydrogen-bond acceptors (Lipinski definition) is 10. The van der Waals surface area contributed by atoms with Crippen LogP contribution in [0.4, 0.5) is 0 Å². The van der Waals surface area contributed by atoms with Gasteiger partial charge in [-0.05, 0) is 131 Å². The minimum Gasteiger partial charge on any atom is -0.289 e. The Morgan fingerprint density at radius 3 is 0.800 bits per heavy atom. The number of fused-ring (bicyclic) bond motifs is 10. The highest BCUT2D eigenvalue weighted by Gasteiger charge is 2.45. The van der Waals surface area contributed by atoms with Crippen molar-refractivity contribution in [3.8, 4) is 44.5 Å². The number of carbonyl (C=O) groups is 10. The Morgan fingerprint density at radius 1 is 0.165 bits per heavy atom. The van der Waals surface area contributed by atoms with E-state index < -0.39 is 46.3 Å². The summed E-state index contributed by atoms with van der Waals surface area (Å²) in [5.41, 5.74) is 5.37. The average molecular weight is 1100 g/mol. The van der Waals surface area contributed by atoms with E-state index >= 15 is 28.8 Å². The number of carbonyl (C=O) groups excluding carboxylic acids is 10. The Balaban J connectivity index is 1.04. The molecule has 10 heteroatoms. The van der Waals surface area contributed by atoms with Crippen molar-refractivity contribution in [3.05, 3.63) is 303 Å². The third kappa shape index (κ3) is 6.76. The molecule has 0 unspecified atom stereocenters. The van der Waals surface area contributed by atoms with Gasteiger partial charge < -0.3 is 0 Å². The zero-order valence-electron chi connectivity index (χ0n) is 46.2. The Hall–Kier alpha value is -11.1. The lowest BCUT2D eigenvalue weighted by Crippen LogP contribution is -2.27. The van der Waals surface area contributed by atoms with Gasteiger partial charge in [0.05, 0.1) is 0 Å². The van der Waals surface area contributed by atoms with Crippen molar-refractivity contribution in [3.63, 3.8) is 0 Å². The van der Waals surface area contributed by atoms with Gasteiger partial charge in [0, 0.05) is 111 Å². The molecule has 0 N–H and O–H groups in total. The lowest BCUT2D eigenvalue weighted by molar-refractivity contribution is 0.0977. The third-order valence-electron chi connectivity index (χ3n) is 17.7. The van der Waals surface area contributed by atoms with Crippen LogP contribution in [0.5, 0.6) is 0 Å². The molecular weight excluding hydrogens is 1060 g/mol. The minimum absolute atomic E-state index is 0.0493. The zero-order chi connectivity index (χ0) is 58.9. The number of benzene rings is 10. The first-order chi connectivity index (χ1) is 41.0. The van der Waals surface area contributed by atoms with E-state index in [1.807, 2.05) is 0 Å². The van der Waals surface area contributed by atoms with Gasteiger partial charge in [-0.2, -0.15) is 0 Å². The first-order valence-corrected chi connectivity index (χ1v) is 27.7. The van der Waals surface area contributed by atoms with Crippen LogP contribution >= 0.6 is 0 Å². The van der Waals surface area contributed by atoms with Gasteiger partial charge in [-0.25, -0.2) is 0 Å². The topological polar surface area (TPSA) is 171 Å². The standard InChI is InChI=1S/C75H42O10/c1-33-28-49(58-53(29-33)67(77)39-17-7-8-18-40(39)68(58)78)50-30-35(3)54(63-60(50)70(80)42-20-10-13-23-45(42)73(63)83)51-31-36(4)55(64-61(51)71(81)43-21-11-14-24-46(43)74(64)84)52-32-37(5)57(65-62(52)72(82)44-22-12-15-25-47(44)75(65)85)56-34(2)26-27-48-59(56)69(79)41-19-9-6-16-38(41)66(48)76/h6-32H,1-5H3. The van der Waals surface area contributed by atoms with Crippen LogP contribution in [0, 0.1) is 34.6 Å². The predicted molar refractivity (Wildman–Crippen MR) is 318 cm³/mol. The normalized spacial score (nSPS) is 14.2. The van der Waals surface area contributed by atoms with E-state index in [1.165, 1.54) is 0 Å². The largest absolute Gasteiger partial charge is 0.289 e. The molecule has 0 aliphatic heterocycles. The molecule has 0 amide bonds. The van der Waals surface area contributed by atoms with Crippen LogP contribution in [0.25, 0.3) is 44.5 Å². The zero-order valence-corrected chi connectivity index (χ0v) is 46.2. The molecule has 0 spiro atoms. The van der Waals surface area contributed by atoms with E-state index in [0.717, 1.165) is 0 Å². The first kappa shape index (κ1) is 50.8. The van der Waals surface area contributed by atoms with E-state index in [0.29, 0.717) is 33.4 Å². The minimum atomic E-state index is -0.589. The van der Waals surface area contributed by atoms with E-state index in [1.54, 1.807) is 198 Å². The van der Waals surface area contributed by atoms with Crippen molar-refractivity contribution >= 4 is 57.8 Å². The molecule has 0 heterocycles. The van der Waals surface area contributed by atoms with E-state index in [4.69, 9.17) is 0 Å². The maximum atomic E-state index is 15.9. The van der Waals surface area contributed by atoms with Crippen LogP contribution < -0.4 is 0 Å². The fourth-order valence-corrected chi connectivity index (χ4v) is 14.1. The first-order valence-electron chi connectivity index (χ1n) is 27.7. The van der Waals surface area contributed by atoms with Crippen molar-refractivity contribution in [2.24, 2.45) is 0 Å². The summed E-state index contributed by atoms with van der Waals surface area (Å²) < 4.78 is 0. The highest BCUT2D eigenvalue weighted by Crippen LogP contribution is 2.52. The average Bonchev–Trinajstić information content (AvgIpc) is 0.763. The Morgan fingerprint density at radius 2 is 0.412 bits per heavy atom. The number of hydrogen-bond donors (Lipinski definition) is 0. The van der Waals surface area contributed by atoms with Gasteiger partial charge in [-0.1, -0.05) is 140 Å². The summed E-state index contributed by atoms with van der Waals surface area (Å²) in [6, 6.07) is 44.1. The van der Waals surface area contributed by atoms with Gasteiger partial charge in [-0.3, -0.25) is 47.9 Å². The fourth-order valence-electron chi connectivity index (χ4n) is 14.1.